The second-order valence-corrected chi connectivity index (χ2v) is 12.6. The summed E-state index contributed by atoms with van der Waals surface area (Å²) in [5.41, 5.74) is 3.28. The third-order valence-corrected chi connectivity index (χ3v) is 9.08. The predicted octanol–water partition coefficient (Wildman–Crippen LogP) is 7.05. The lowest BCUT2D eigenvalue weighted by atomic mass is 10.1. The number of carbonyl (C=O) groups excluding carboxylic acids is 2. The highest BCUT2D eigenvalue weighted by Gasteiger charge is 2.19. The molecule has 0 bridgehead atoms. The number of ketones is 2. The lowest BCUT2D eigenvalue weighted by molar-refractivity contribution is -0.115. The molecule has 2 aromatic carbocycles. The van der Waals surface area contributed by atoms with Crippen LogP contribution < -0.4 is 20.1 Å². The molecule has 8 heteroatoms. The number of nitrogens with zero attached hydrogens (tertiary/aromatic N) is 2. The molecule has 0 atom stereocenters. The zero-order valence-electron chi connectivity index (χ0n) is 30.0. The Labute approximate surface area is 289 Å². The molecule has 0 heterocycles. The number of carbonyl (C=O) groups is 2. The summed E-state index contributed by atoms with van der Waals surface area (Å²) in [7, 11) is 3.46. The van der Waals surface area contributed by atoms with Crippen molar-refractivity contribution in [2.45, 2.75) is 91.1 Å². The average Bonchev–Trinajstić information content (AvgIpc) is 3.11. The van der Waals surface area contributed by atoms with Crippen molar-refractivity contribution in [1.82, 2.24) is 20.4 Å². The van der Waals surface area contributed by atoms with Gasteiger partial charge in [0.2, 0.25) is 11.6 Å². The molecule has 0 spiro atoms. The van der Waals surface area contributed by atoms with Crippen LogP contribution in [0.5, 0.6) is 11.5 Å². The van der Waals surface area contributed by atoms with Crippen molar-refractivity contribution < 1.29 is 19.1 Å². The summed E-state index contributed by atoms with van der Waals surface area (Å²) >= 11 is 0. The molecule has 0 fully saturated rings. The minimum absolute atomic E-state index is 0.125. The predicted molar refractivity (Wildman–Crippen MR) is 196 cm³/mol. The Bertz CT molecular complexity index is 1210. The van der Waals surface area contributed by atoms with Crippen molar-refractivity contribution in [3.8, 4) is 11.5 Å². The molecule has 0 radical (unpaired) electrons. The van der Waals surface area contributed by atoms with E-state index in [4.69, 9.17) is 9.47 Å². The molecule has 8 nitrogen and oxygen atoms in total. The summed E-state index contributed by atoms with van der Waals surface area (Å²) in [4.78, 5) is 30.2. The molecule has 0 saturated carbocycles. The Morgan fingerprint density at radius 2 is 0.917 bits per heavy atom. The summed E-state index contributed by atoms with van der Waals surface area (Å²) in [6.45, 7) is 11.8. The molecule has 0 amide bonds. The van der Waals surface area contributed by atoms with Gasteiger partial charge in [-0.3, -0.25) is 19.4 Å². The van der Waals surface area contributed by atoms with Crippen LogP contribution in [0.25, 0.3) is 0 Å². The molecule has 0 aromatic heterocycles. The largest absolute Gasteiger partial charge is 0.496 e. The quantitative estimate of drug-likeness (QED) is 0.0821. The van der Waals surface area contributed by atoms with Crippen molar-refractivity contribution >= 4 is 11.6 Å². The van der Waals surface area contributed by atoms with Crippen molar-refractivity contribution in [1.29, 1.82) is 0 Å². The Kier molecular flexibility index (Phi) is 18.5. The first-order valence-corrected chi connectivity index (χ1v) is 18.2. The van der Waals surface area contributed by atoms with Gasteiger partial charge in [0, 0.05) is 49.5 Å². The first-order valence-electron chi connectivity index (χ1n) is 18.2. The van der Waals surface area contributed by atoms with E-state index in [0.717, 1.165) is 89.3 Å². The summed E-state index contributed by atoms with van der Waals surface area (Å²) in [5, 5.41) is 6.39. The van der Waals surface area contributed by atoms with Crippen LogP contribution in [0, 0.1) is 0 Å². The molecule has 2 aromatic rings. The number of allylic oxidation sites excluding steroid dienone is 2. The first-order chi connectivity index (χ1) is 23.5. The van der Waals surface area contributed by atoms with E-state index in [2.05, 4.69) is 58.5 Å². The topological polar surface area (TPSA) is 83.1 Å². The SMILES string of the molecule is CCN(CCCCCCCNC1=CC(=O)C(NCCCCCCCN(CC)Cc2ccccc2OC)=CC1=O)Cc1ccccc1OC. The van der Waals surface area contributed by atoms with Gasteiger partial charge < -0.3 is 20.1 Å². The Hall–Kier alpha value is -3.62. The molecule has 1 aliphatic rings. The number of benzene rings is 2. The van der Waals surface area contributed by atoms with E-state index in [1.165, 1.54) is 49.0 Å². The smallest absolute Gasteiger partial charge is 0.203 e. The van der Waals surface area contributed by atoms with Crippen LogP contribution in [-0.2, 0) is 22.7 Å². The Morgan fingerprint density at radius 1 is 0.542 bits per heavy atom. The van der Waals surface area contributed by atoms with E-state index in [9.17, 15) is 9.59 Å². The van der Waals surface area contributed by atoms with Gasteiger partial charge in [0.1, 0.15) is 11.5 Å². The molecule has 2 N–H and O–H groups in total. The maximum atomic E-state index is 12.6. The van der Waals surface area contributed by atoms with Gasteiger partial charge in [0.25, 0.3) is 0 Å². The summed E-state index contributed by atoms with van der Waals surface area (Å²) < 4.78 is 11.0. The normalized spacial score (nSPS) is 13.1. The number of nitrogens with one attached hydrogen (secondary N) is 2. The standard InChI is InChI=1S/C40H60N4O4/c1-5-43(31-33-21-13-15-23-39(33)47-3)27-19-11-7-9-17-25-41-35-29-38(46)36(30-37(35)45)42-26-18-10-8-12-20-28-44(6-2)32-34-22-14-16-24-40(34)48-4/h13-16,21-24,29-30,41-42H,5-12,17-20,25-28,31-32H2,1-4H3. The van der Waals surface area contributed by atoms with Gasteiger partial charge in [-0.25, -0.2) is 0 Å². The molecular formula is C40H60N4O4. The number of ether oxygens (including phenoxy) is 2. The van der Waals surface area contributed by atoms with Crippen molar-refractivity contribution in [3.05, 3.63) is 83.2 Å². The van der Waals surface area contributed by atoms with E-state index in [0.29, 0.717) is 24.5 Å². The van der Waals surface area contributed by atoms with Crippen molar-refractivity contribution in [3.63, 3.8) is 0 Å². The average molecular weight is 661 g/mol. The maximum absolute atomic E-state index is 12.6. The van der Waals surface area contributed by atoms with E-state index in [1.54, 1.807) is 14.2 Å². The first kappa shape index (κ1) is 38.8. The fourth-order valence-corrected chi connectivity index (χ4v) is 6.11. The summed E-state index contributed by atoms with van der Waals surface area (Å²) in [6, 6.07) is 16.5. The second-order valence-electron chi connectivity index (χ2n) is 12.6. The van der Waals surface area contributed by atoms with E-state index >= 15 is 0 Å². The number of hydrogen-bond acceptors (Lipinski definition) is 8. The van der Waals surface area contributed by atoms with Crippen LogP contribution in [0.3, 0.4) is 0 Å². The zero-order chi connectivity index (χ0) is 34.4. The number of methoxy groups -OCH3 is 2. The van der Waals surface area contributed by atoms with Gasteiger partial charge in [-0.15, -0.1) is 0 Å². The lowest BCUT2D eigenvalue weighted by Crippen LogP contribution is -2.30. The van der Waals surface area contributed by atoms with Crippen LogP contribution in [0.1, 0.15) is 89.2 Å². The van der Waals surface area contributed by atoms with Gasteiger partial charge in [-0.05, 0) is 64.0 Å². The van der Waals surface area contributed by atoms with E-state index < -0.39 is 0 Å². The Morgan fingerprint density at radius 3 is 1.31 bits per heavy atom. The van der Waals surface area contributed by atoms with Crippen LogP contribution >= 0.6 is 0 Å². The molecular weight excluding hydrogens is 600 g/mol. The molecule has 0 aliphatic heterocycles. The lowest BCUT2D eigenvalue weighted by Gasteiger charge is -2.21. The summed E-state index contributed by atoms with van der Waals surface area (Å²) in [6.07, 6.45) is 14.1. The zero-order valence-corrected chi connectivity index (χ0v) is 30.0. The number of hydrogen-bond donors (Lipinski definition) is 2. The van der Waals surface area contributed by atoms with Gasteiger partial charge >= 0.3 is 0 Å². The maximum Gasteiger partial charge on any atom is 0.203 e. The fourth-order valence-electron chi connectivity index (χ4n) is 6.11. The molecule has 48 heavy (non-hydrogen) atoms. The van der Waals surface area contributed by atoms with Crippen LogP contribution in [0.2, 0.25) is 0 Å². The van der Waals surface area contributed by atoms with Gasteiger partial charge in [-0.1, -0.05) is 88.8 Å². The highest BCUT2D eigenvalue weighted by atomic mass is 16.5. The van der Waals surface area contributed by atoms with Gasteiger partial charge in [0.15, 0.2) is 0 Å². The fraction of sp³-hybridized carbons (Fsp3) is 0.550. The van der Waals surface area contributed by atoms with Crippen LogP contribution in [-0.4, -0.2) is 74.9 Å². The van der Waals surface area contributed by atoms with Crippen LogP contribution in [0.4, 0.5) is 0 Å². The summed E-state index contributed by atoms with van der Waals surface area (Å²) in [5.74, 6) is 1.66. The number of para-hydroxylation sites is 2. The molecule has 264 valence electrons. The van der Waals surface area contributed by atoms with Gasteiger partial charge in [-0.2, -0.15) is 0 Å². The van der Waals surface area contributed by atoms with Crippen molar-refractivity contribution in [2.75, 3.05) is 53.5 Å². The third-order valence-electron chi connectivity index (χ3n) is 9.08. The highest BCUT2D eigenvalue weighted by molar-refractivity contribution is 6.19. The molecule has 1 aliphatic carbocycles. The minimum atomic E-state index is -0.125. The highest BCUT2D eigenvalue weighted by Crippen LogP contribution is 2.21. The Balaban J connectivity index is 1.20. The number of rotatable bonds is 26. The number of unbranched alkanes of at least 4 members (excludes halogenated alkanes) is 8. The molecule has 0 unspecified atom stereocenters. The minimum Gasteiger partial charge on any atom is -0.496 e. The van der Waals surface area contributed by atoms with Gasteiger partial charge in [0.05, 0.1) is 25.6 Å². The van der Waals surface area contributed by atoms with E-state index in [-0.39, 0.29) is 11.6 Å². The molecule has 3 rings (SSSR count). The molecule has 0 saturated heterocycles. The van der Waals surface area contributed by atoms with Crippen LogP contribution in [0.15, 0.2) is 72.1 Å². The monoisotopic (exact) mass is 660 g/mol. The second kappa shape index (κ2) is 22.9. The third kappa shape index (κ3) is 13.9. The van der Waals surface area contributed by atoms with Crippen molar-refractivity contribution in [2.24, 2.45) is 0 Å². The van der Waals surface area contributed by atoms with E-state index in [1.807, 2.05) is 24.3 Å².